The Morgan fingerprint density at radius 1 is 0.944 bits per heavy atom. The molecule has 186 valence electrons. The van der Waals surface area contributed by atoms with Crippen LogP contribution in [0.25, 0.3) is 6.08 Å². The van der Waals surface area contributed by atoms with Crippen molar-refractivity contribution < 1.29 is 4.79 Å². The molecule has 2 heterocycles. The van der Waals surface area contributed by atoms with Crippen molar-refractivity contribution in [3.05, 3.63) is 111 Å². The molecule has 1 aliphatic heterocycles. The van der Waals surface area contributed by atoms with Crippen molar-refractivity contribution in [3.63, 3.8) is 0 Å². The van der Waals surface area contributed by atoms with Crippen LogP contribution >= 0.6 is 0 Å². The van der Waals surface area contributed by atoms with E-state index in [4.69, 9.17) is 0 Å². The number of rotatable bonds is 7. The van der Waals surface area contributed by atoms with Crippen molar-refractivity contribution in [2.45, 2.75) is 31.8 Å². The van der Waals surface area contributed by atoms with Gasteiger partial charge in [-0.3, -0.25) is 19.4 Å². The van der Waals surface area contributed by atoms with Gasteiger partial charge in [0, 0.05) is 45.0 Å². The van der Waals surface area contributed by atoms with E-state index in [9.17, 15) is 9.59 Å². The molecule has 6 nitrogen and oxygen atoms in total. The summed E-state index contributed by atoms with van der Waals surface area (Å²) in [4.78, 5) is 33.4. The highest BCUT2D eigenvalue weighted by Gasteiger charge is 2.23. The fourth-order valence-corrected chi connectivity index (χ4v) is 5.20. The highest BCUT2D eigenvalue weighted by molar-refractivity contribution is 5.94. The standard InChI is InChI=1S/C30H34N4O2/c35-29-27(30(36)32-28-14-6-12-24-11-4-5-13-26(24)28)16-15-25(31-29)22-34-20-18-33(19-21-34)17-7-10-23-8-2-1-3-9-23/h1-5,7-11,13,15-16,28H,6,12,14,17-22H2,(H,31,35)(H,32,36)/b10-7+/t28-/m1/s1. The number of aromatic nitrogens is 1. The number of fused-ring (bicyclic) bond motifs is 1. The highest BCUT2D eigenvalue weighted by atomic mass is 16.2. The summed E-state index contributed by atoms with van der Waals surface area (Å²) in [6.07, 6.45) is 7.36. The average Bonchev–Trinajstić information content (AvgIpc) is 2.90. The van der Waals surface area contributed by atoms with E-state index in [1.807, 2.05) is 24.3 Å². The summed E-state index contributed by atoms with van der Waals surface area (Å²) in [7, 11) is 0. The summed E-state index contributed by atoms with van der Waals surface area (Å²) in [6, 6.07) is 22.1. The number of piperazine rings is 1. The minimum atomic E-state index is -0.321. The third-order valence-corrected chi connectivity index (χ3v) is 7.22. The van der Waals surface area contributed by atoms with Crippen LogP contribution in [0.4, 0.5) is 0 Å². The van der Waals surface area contributed by atoms with E-state index < -0.39 is 0 Å². The SMILES string of the molecule is O=C(N[C@@H]1CCCc2ccccc21)c1ccc(CN2CCN(C/C=C/c3ccccc3)CC2)[nH]c1=O. The number of hydrogen-bond donors (Lipinski definition) is 2. The van der Waals surface area contributed by atoms with Crippen LogP contribution in [0.2, 0.25) is 0 Å². The number of amides is 1. The Morgan fingerprint density at radius 2 is 1.69 bits per heavy atom. The molecule has 1 saturated heterocycles. The van der Waals surface area contributed by atoms with Crippen molar-refractivity contribution >= 4 is 12.0 Å². The Labute approximate surface area is 212 Å². The second-order valence-corrected chi connectivity index (χ2v) is 9.73. The highest BCUT2D eigenvalue weighted by Crippen LogP contribution is 2.29. The Kier molecular flexibility index (Phi) is 7.74. The first kappa shape index (κ1) is 24.2. The van der Waals surface area contributed by atoms with Gasteiger partial charge in [0.1, 0.15) is 5.56 Å². The molecule has 0 spiro atoms. The maximum absolute atomic E-state index is 12.9. The molecular formula is C30H34N4O2. The zero-order valence-electron chi connectivity index (χ0n) is 20.7. The van der Waals surface area contributed by atoms with Gasteiger partial charge in [-0.1, -0.05) is 66.7 Å². The molecule has 0 saturated carbocycles. The summed E-state index contributed by atoms with van der Waals surface area (Å²) < 4.78 is 0. The summed E-state index contributed by atoms with van der Waals surface area (Å²) in [5, 5.41) is 3.08. The second-order valence-electron chi connectivity index (χ2n) is 9.73. The van der Waals surface area contributed by atoms with Crippen molar-refractivity contribution in [2.75, 3.05) is 32.7 Å². The predicted molar refractivity (Wildman–Crippen MR) is 144 cm³/mol. The van der Waals surface area contributed by atoms with Crippen LogP contribution in [0.3, 0.4) is 0 Å². The Hall–Kier alpha value is -3.48. The van der Waals surface area contributed by atoms with Crippen LogP contribution in [-0.2, 0) is 13.0 Å². The minimum Gasteiger partial charge on any atom is -0.345 e. The molecule has 2 N–H and O–H groups in total. The predicted octanol–water partition coefficient (Wildman–Crippen LogP) is 4.01. The quantitative estimate of drug-likeness (QED) is 0.534. The monoisotopic (exact) mass is 482 g/mol. The van der Waals surface area contributed by atoms with Gasteiger partial charge in [0.25, 0.3) is 11.5 Å². The van der Waals surface area contributed by atoms with Crippen molar-refractivity contribution in [2.24, 2.45) is 0 Å². The first-order chi connectivity index (χ1) is 17.7. The number of pyridine rings is 1. The molecule has 1 aliphatic carbocycles. The van der Waals surface area contributed by atoms with Crippen molar-refractivity contribution in [1.82, 2.24) is 20.1 Å². The summed E-state index contributed by atoms with van der Waals surface area (Å²) in [5.74, 6) is -0.304. The van der Waals surface area contributed by atoms with Crippen LogP contribution in [-0.4, -0.2) is 53.4 Å². The zero-order chi connectivity index (χ0) is 24.7. The van der Waals surface area contributed by atoms with Crippen LogP contribution in [0, 0.1) is 0 Å². The maximum Gasteiger partial charge on any atom is 0.261 e. The van der Waals surface area contributed by atoms with Gasteiger partial charge in [0.2, 0.25) is 0 Å². The molecule has 2 aliphatic rings. The first-order valence-electron chi connectivity index (χ1n) is 12.9. The van der Waals surface area contributed by atoms with Crippen LogP contribution in [0.5, 0.6) is 0 Å². The first-order valence-corrected chi connectivity index (χ1v) is 12.9. The maximum atomic E-state index is 12.9. The fourth-order valence-electron chi connectivity index (χ4n) is 5.20. The molecule has 1 amide bonds. The van der Waals surface area contributed by atoms with Gasteiger partial charge in [-0.2, -0.15) is 0 Å². The zero-order valence-corrected chi connectivity index (χ0v) is 20.7. The average molecular weight is 483 g/mol. The van der Waals surface area contributed by atoms with E-state index in [0.29, 0.717) is 6.54 Å². The molecule has 1 fully saturated rings. The van der Waals surface area contributed by atoms with Gasteiger partial charge in [0.15, 0.2) is 0 Å². The number of carbonyl (C=O) groups is 1. The lowest BCUT2D eigenvalue weighted by molar-refractivity contribution is 0.0931. The minimum absolute atomic E-state index is 0.0413. The topological polar surface area (TPSA) is 68.4 Å². The lowest BCUT2D eigenvalue weighted by Gasteiger charge is -2.34. The van der Waals surface area contributed by atoms with E-state index in [1.165, 1.54) is 16.7 Å². The van der Waals surface area contributed by atoms with Gasteiger partial charge < -0.3 is 10.3 Å². The van der Waals surface area contributed by atoms with E-state index in [2.05, 4.69) is 68.7 Å². The van der Waals surface area contributed by atoms with E-state index in [-0.39, 0.29) is 23.1 Å². The molecule has 3 aromatic rings. The Bertz CT molecular complexity index is 1260. The van der Waals surface area contributed by atoms with Crippen LogP contribution in [0.1, 0.15) is 51.6 Å². The summed E-state index contributed by atoms with van der Waals surface area (Å²) in [5.41, 5.74) is 4.37. The Balaban J connectivity index is 1.12. The van der Waals surface area contributed by atoms with Gasteiger partial charge in [-0.15, -0.1) is 0 Å². The lowest BCUT2D eigenvalue weighted by Crippen LogP contribution is -2.46. The summed E-state index contributed by atoms with van der Waals surface area (Å²) >= 11 is 0. The number of nitrogens with zero attached hydrogens (tertiary/aromatic N) is 2. The normalized spacial score (nSPS) is 18.7. The molecule has 0 unspecified atom stereocenters. The number of benzene rings is 2. The second kappa shape index (κ2) is 11.5. The van der Waals surface area contributed by atoms with Gasteiger partial charge >= 0.3 is 0 Å². The number of H-pyrrole nitrogens is 1. The van der Waals surface area contributed by atoms with Crippen molar-refractivity contribution in [3.8, 4) is 0 Å². The lowest BCUT2D eigenvalue weighted by atomic mass is 9.87. The summed E-state index contributed by atoms with van der Waals surface area (Å²) in [6.45, 7) is 5.50. The van der Waals surface area contributed by atoms with Crippen molar-refractivity contribution in [1.29, 1.82) is 0 Å². The van der Waals surface area contributed by atoms with Gasteiger partial charge in [-0.25, -0.2) is 0 Å². The molecule has 1 aromatic heterocycles. The largest absolute Gasteiger partial charge is 0.345 e. The molecular weight excluding hydrogens is 448 g/mol. The molecule has 0 radical (unpaired) electrons. The van der Waals surface area contributed by atoms with Crippen LogP contribution < -0.4 is 10.9 Å². The van der Waals surface area contributed by atoms with Gasteiger partial charge in [-0.05, 0) is 48.1 Å². The van der Waals surface area contributed by atoms with E-state index in [0.717, 1.165) is 57.7 Å². The van der Waals surface area contributed by atoms with E-state index >= 15 is 0 Å². The molecule has 36 heavy (non-hydrogen) atoms. The smallest absolute Gasteiger partial charge is 0.261 e. The molecule has 5 rings (SSSR count). The van der Waals surface area contributed by atoms with Crippen LogP contribution in [0.15, 0.2) is 77.6 Å². The number of hydrogen-bond acceptors (Lipinski definition) is 4. The number of nitrogens with one attached hydrogen (secondary N) is 2. The third kappa shape index (κ3) is 6.01. The van der Waals surface area contributed by atoms with Gasteiger partial charge in [0.05, 0.1) is 6.04 Å². The number of aromatic amines is 1. The third-order valence-electron chi connectivity index (χ3n) is 7.22. The Morgan fingerprint density at radius 3 is 2.50 bits per heavy atom. The number of aryl methyl sites for hydroxylation is 1. The molecule has 6 heteroatoms. The molecule has 0 bridgehead atoms. The van der Waals surface area contributed by atoms with E-state index in [1.54, 1.807) is 6.07 Å². The molecule has 2 aromatic carbocycles. The fraction of sp³-hybridized carbons (Fsp3) is 0.333. The molecule has 1 atom stereocenters. The number of carbonyl (C=O) groups excluding carboxylic acids is 1.